The van der Waals surface area contributed by atoms with Crippen LogP contribution in [0, 0.1) is 0 Å². The second-order valence-corrected chi connectivity index (χ2v) is 25.0. The second-order valence-electron chi connectivity index (χ2n) is 23.0. The highest BCUT2D eigenvalue weighted by atomic mass is 32.2. The molecule has 0 saturated carbocycles. The highest BCUT2D eigenvalue weighted by Crippen LogP contribution is 2.40. The van der Waals surface area contributed by atoms with Crippen molar-refractivity contribution < 1.29 is 60.7 Å². The third-order valence-electron chi connectivity index (χ3n) is 14.3. The molecule has 0 radical (unpaired) electrons. The zero-order valence-electron chi connectivity index (χ0n) is 50.6. The lowest BCUT2D eigenvalue weighted by atomic mass is 9.85. The number of benzene rings is 6. The van der Waals surface area contributed by atoms with E-state index < -0.39 is 38.8 Å². The molecule has 2 heterocycles. The lowest BCUT2D eigenvalue weighted by Crippen LogP contribution is -2.38. The third kappa shape index (κ3) is 19.3. The summed E-state index contributed by atoms with van der Waals surface area (Å²) in [5.74, 6) is 0.220. The predicted octanol–water partition coefficient (Wildman–Crippen LogP) is 10.3. The molecule has 1 aromatic heterocycles. The number of esters is 1. The van der Waals surface area contributed by atoms with E-state index in [9.17, 15) is 27.6 Å². The fraction of sp³-hybridized carbons (Fsp3) is 0.382. The Morgan fingerprint density at radius 3 is 1.75 bits per heavy atom. The standard InChI is InChI=1S/C68H80N4O14S/c1-67(2,3)58-43-61(62(85-48-50-17-11-8-12-18-50)44-59(58)70-66(76)57-47-71(46-49-15-9-7-10-16-49)60-20-14-13-19-56(60)64(57)74)84-42-40-82-38-36-80-34-33-79-35-37-81-39-41-83-54-25-21-51(22-26-54)52-29-31-72(32-30-52)87(77,78)55-27-23-53(24-28-55)65(75)69-45-63(73)86-68(4,5)6/h7-28,43-44,47,52H,29-42,45-46,48H2,1-6H3,(H,69,75)(H,70,76). The lowest BCUT2D eigenvalue weighted by molar-refractivity contribution is -0.153. The van der Waals surface area contributed by atoms with Gasteiger partial charge in [-0.25, -0.2) is 8.42 Å². The molecule has 0 spiro atoms. The summed E-state index contributed by atoms with van der Waals surface area (Å²) in [6, 6.07) is 44.2. The van der Waals surface area contributed by atoms with Crippen molar-refractivity contribution in [1.29, 1.82) is 0 Å². The van der Waals surface area contributed by atoms with E-state index in [1.165, 1.54) is 28.6 Å². The van der Waals surface area contributed by atoms with Crippen LogP contribution in [0.3, 0.4) is 0 Å². The van der Waals surface area contributed by atoms with E-state index in [4.69, 9.17) is 37.9 Å². The average Bonchev–Trinajstić information content (AvgIpc) is 1.55. The Kier molecular flexibility index (Phi) is 23.3. The van der Waals surface area contributed by atoms with Gasteiger partial charge in [0.05, 0.1) is 63.3 Å². The summed E-state index contributed by atoms with van der Waals surface area (Å²) >= 11 is 0. The van der Waals surface area contributed by atoms with Crippen molar-refractivity contribution in [2.24, 2.45) is 0 Å². The molecule has 8 rings (SSSR count). The molecule has 1 saturated heterocycles. The minimum Gasteiger partial charge on any atom is -0.491 e. The Hall–Kier alpha value is -7.91. The number of sulfonamides is 1. The van der Waals surface area contributed by atoms with E-state index in [-0.39, 0.29) is 53.7 Å². The van der Waals surface area contributed by atoms with Gasteiger partial charge in [0.2, 0.25) is 15.5 Å². The number of piperidine rings is 1. The molecular formula is C68H80N4O14S. The number of carbonyl (C=O) groups excluding carboxylic acids is 3. The van der Waals surface area contributed by atoms with Gasteiger partial charge in [-0.3, -0.25) is 19.2 Å². The molecule has 1 aliphatic heterocycles. The van der Waals surface area contributed by atoms with Crippen molar-refractivity contribution in [2.75, 3.05) is 91.0 Å². The van der Waals surface area contributed by atoms with Gasteiger partial charge >= 0.3 is 5.97 Å². The fourth-order valence-electron chi connectivity index (χ4n) is 9.87. The number of carbonyl (C=O) groups is 3. The van der Waals surface area contributed by atoms with E-state index >= 15 is 0 Å². The fourth-order valence-corrected chi connectivity index (χ4v) is 11.3. The van der Waals surface area contributed by atoms with Gasteiger partial charge < -0.3 is 53.1 Å². The average molecular weight is 1210 g/mol. The van der Waals surface area contributed by atoms with Crippen LogP contribution in [0.1, 0.15) is 103 Å². The molecule has 2 N–H and O–H groups in total. The van der Waals surface area contributed by atoms with Crippen molar-refractivity contribution in [3.63, 3.8) is 0 Å². The van der Waals surface area contributed by atoms with Crippen molar-refractivity contribution in [3.8, 4) is 17.2 Å². The third-order valence-corrected chi connectivity index (χ3v) is 16.2. The molecule has 1 fully saturated rings. The maximum Gasteiger partial charge on any atom is 0.325 e. The Morgan fingerprint density at radius 2 is 1.15 bits per heavy atom. The van der Waals surface area contributed by atoms with Crippen LogP contribution < -0.4 is 30.3 Å². The zero-order valence-corrected chi connectivity index (χ0v) is 51.4. The zero-order chi connectivity index (χ0) is 61.8. The Balaban J connectivity index is 0.702. The second kappa shape index (κ2) is 31.1. The van der Waals surface area contributed by atoms with Crippen LogP contribution in [-0.2, 0) is 57.1 Å². The van der Waals surface area contributed by atoms with E-state index in [1.807, 2.05) is 128 Å². The van der Waals surface area contributed by atoms with Crippen LogP contribution in [0.2, 0.25) is 0 Å². The van der Waals surface area contributed by atoms with Gasteiger partial charge in [0.15, 0.2) is 11.5 Å². The molecule has 2 amide bonds. The molecular weight excluding hydrogens is 1130 g/mol. The molecule has 0 atom stereocenters. The number of nitrogens with zero attached hydrogens (tertiary/aromatic N) is 2. The number of pyridine rings is 1. The van der Waals surface area contributed by atoms with E-state index in [1.54, 1.807) is 45.2 Å². The van der Waals surface area contributed by atoms with Gasteiger partial charge in [0.25, 0.3) is 11.8 Å². The van der Waals surface area contributed by atoms with Crippen molar-refractivity contribution >= 4 is 44.4 Å². The van der Waals surface area contributed by atoms with Gasteiger partial charge in [0.1, 0.15) is 43.3 Å². The van der Waals surface area contributed by atoms with Crippen LogP contribution in [0.5, 0.6) is 17.2 Å². The summed E-state index contributed by atoms with van der Waals surface area (Å²) in [5, 5.41) is 6.04. The van der Waals surface area contributed by atoms with Gasteiger partial charge in [-0.1, -0.05) is 106 Å². The van der Waals surface area contributed by atoms with Crippen LogP contribution in [0.4, 0.5) is 5.69 Å². The minimum absolute atomic E-state index is 0.0254. The largest absolute Gasteiger partial charge is 0.491 e. The number of ether oxygens (including phenoxy) is 8. The highest BCUT2D eigenvalue weighted by molar-refractivity contribution is 7.89. The molecule has 0 bridgehead atoms. The van der Waals surface area contributed by atoms with Crippen LogP contribution in [0.25, 0.3) is 10.9 Å². The number of aromatic nitrogens is 1. The number of hydrogen-bond donors (Lipinski definition) is 2. The summed E-state index contributed by atoms with van der Waals surface area (Å²) in [5.41, 5.74) is 3.92. The first-order valence-corrected chi connectivity index (χ1v) is 30.9. The quantitative estimate of drug-likeness (QED) is 0.0317. The maximum atomic E-state index is 14.3. The topological polar surface area (TPSA) is 208 Å². The van der Waals surface area contributed by atoms with Gasteiger partial charge in [-0.05, 0) is 122 Å². The van der Waals surface area contributed by atoms with Crippen molar-refractivity contribution in [3.05, 3.63) is 195 Å². The number of nitrogens with one attached hydrogen (secondary N) is 2. The summed E-state index contributed by atoms with van der Waals surface area (Å²) < 4.78 is 77.1. The molecule has 0 aliphatic carbocycles. The Labute approximate surface area is 510 Å². The smallest absolute Gasteiger partial charge is 0.325 e. The predicted molar refractivity (Wildman–Crippen MR) is 334 cm³/mol. The first kappa shape index (κ1) is 65.1. The molecule has 87 heavy (non-hydrogen) atoms. The van der Waals surface area contributed by atoms with E-state index in [0.29, 0.717) is 114 Å². The summed E-state index contributed by atoms with van der Waals surface area (Å²) in [4.78, 5) is 52.8. The number of fused-ring (bicyclic) bond motifs is 1. The van der Waals surface area contributed by atoms with Crippen LogP contribution in [0.15, 0.2) is 161 Å². The van der Waals surface area contributed by atoms with E-state index in [0.717, 1.165) is 27.8 Å². The molecule has 18 nitrogen and oxygen atoms in total. The molecule has 462 valence electrons. The summed E-state index contributed by atoms with van der Waals surface area (Å²) in [6.07, 6.45) is 2.96. The normalized spacial score (nSPS) is 13.3. The van der Waals surface area contributed by atoms with Gasteiger partial charge in [-0.15, -0.1) is 0 Å². The van der Waals surface area contributed by atoms with Crippen molar-refractivity contribution in [1.82, 2.24) is 14.2 Å². The number of rotatable bonds is 30. The molecule has 19 heteroatoms. The van der Waals surface area contributed by atoms with Crippen LogP contribution in [-0.4, -0.2) is 126 Å². The van der Waals surface area contributed by atoms with Crippen LogP contribution >= 0.6 is 0 Å². The van der Waals surface area contributed by atoms with Gasteiger partial charge in [-0.2, -0.15) is 4.31 Å². The molecule has 0 unspecified atom stereocenters. The monoisotopic (exact) mass is 1210 g/mol. The Bertz CT molecular complexity index is 3540. The number of hydrogen-bond acceptors (Lipinski definition) is 14. The van der Waals surface area contributed by atoms with Crippen molar-refractivity contribution in [2.45, 2.75) is 89.4 Å². The number of para-hydroxylation sites is 1. The summed E-state index contributed by atoms with van der Waals surface area (Å²) in [7, 11) is -3.76. The lowest BCUT2D eigenvalue weighted by Gasteiger charge is -2.31. The van der Waals surface area contributed by atoms with Gasteiger partial charge in [0, 0.05) is 48.5 Å². The number of anilines is 1. The first-order valence-electron chi connectivity index (χ1n) is 29.4. The van der Waals surface area contributed by atoms with E-state index in [2.05, 4.69) is 10.6 Å². The molecule has 1 aliphatic rings. The Morgan fingerprint density at radius 1 is 0.598 bits per heavy atom. The molecule has 6 aromatic carbocycles. The molecule has 7 aromatic rings. The minimum atomic E-state index is -3.76. The highest BCUT2D eigenvalue weighted by Gasteiger charge is 2.31. The number of amides is 2. The first-order chi connectivity index (χ1) is 41.8. The SMILES string of the molecule is CC(C)(C)OC(=O)CNC(=O)c1ccc(S(=O)(=O)N2CCC(c3ccc(OCCOCCOCCOCCOCCOc4cc(C(C)(C)C)c(NC(=O)c5cn(Cc6ccccc6)c6ccccc6c5=O)cc4OCc4ccccc4)cc3)CC2)cc1. The summed E-state index contributed by atoms with van der Waals surface area (Å²) in [6.45, 7) is 16.1. The maximum absolute atomic E-state index is 14.3.